The van der Waals surface area contributed by atoms with E-state index in [4.69, 9.17) is 9.47 Å². The molecule has 0 saturated heterocycles. The molecule has 0 aromatic heterocycles. The fourth-order valence-corrected chi connectivity index (χ4v) is 0.853. The molecule has 0 fully saturated rings. The second-order valence-electron chi connectivity index (χ2n) is 2.94. The molecule has 1 unspecified atom stereocenters. The molecule has 0 aromatic rings. The van der Waals surface area contributed by atoms with Crippen LogP contribution < -0.4 is 0 Å². The van der Waals surface area contributed by atoms with Crippen molar-refractivity contribution < 1.29 is 23.8 Å². The third-order valence-electron chi connectivity index (χ3n) is 1.57. The molecule has 88 valence electrons. The number of hydrogen-bond donors (Lipinski definition) is 0. The lowest BCUT2D eigenvalue weighted by Crippen LogP contribution is -2.36. The van der Waals surface area contributed by atoms with Crippen LogP contribution >= 0.6 is 0 Å². The molecule has 0 aliphatic heterocycles. The van der Waals surface area contributed by atoms with Gasteiger partial charge in [0, 0.05) is 6.61 Å². The minimum atomic E-state index is -1.25. The van der Waals surface area contributed by atoms with Gasteiger partial charge in [0.25, 0.3) is 6.10 Å². The van der Waals surface area contributed by atoms with Gasteiger partial charge in [-0.25, -0.2) is 9.59 Å². The van der Waals surface area contributed by atoms with Crippen LogP contribution in [0.1, 0.15) is 26.7 Å². The fraction of sp³-hybridized carbons (Fsp3) is 0.800. The summed E-state index contributed by atoms with van der Waals surface area (Å²) >= 11 is 0. The van der Waals surface area contributed by atoms with E-state index >= 15 is 0 Å². The lowest BCUT2D eigenvalue weighted by molar-refractivity contribution is -0.171. The summed E-state index contributed by atoms with van der Waals surface area (Å²) in [5, 5.41) is 0. The van der Waals surface area contributed by atoms with E-state index in [1.807, 2.05) is 13.8 Å². The molecule has 0 aromatic carbocycles. The summed E-state index contributed by atoms with van der Waals surface area (Å²) < 4.78 is 14.3. The predicted molar refractivity (Wildman–Crippen MR) is 53.3 cm³/mol. The lowest BCUT2D eigenvalue weighted by Gasteiger charge is -2.13. The van der Waals surface area contributed by atoms with Gasteiger partial charge in [-0.15, -0.1) is 0 Å². The van der Waals surface area contributed by atoms with Crippen LogP contribution in [-0.2, 0) is 23.8 Å². The summed E-state index contributed by atoms with van der Waals surface area (Å²) in [5.41, 5.74) is 0. The number of rotatable bonds is 7. The molecular weight excluding hydrogens is 200 g/mol. The summed E-state index contributed by atoms with van der Waals surface area (Å²) in [6.07, 6.45) is 0.170. The van der Waals surface area contributed by atoms with Gasteiger partial charge in [0.05, 0.1) is 13.7 Å². The molecular formula is C10H18O5. The molecule has 0 aliphatic rings. The highest BCUT2D eigenvalue weighted by atomic mass is 16.6. The van der Waals surface area contributed by atoms with Crippen molar-refractivity contribution >= 4 is 11.9 Å². The van der Waals surface area contributed by atoms with Gasteiger partial charge in [-0.1, -0.05) is 13.8 Å². The maximum atomic E-state index is 11.4. The average Bonchev–Trinajstić information content (AvgIpc) is 2.26. The molecule has 0 heterocycles. The van der Waals surface area contributed by atoms with Crippen LogP contribution in [0.5, 0.6) is 0 Å². The van der Waals surface area contributed by atoms with Gasteiger partial charge in [-0.2, -0.15) is 0 Å². The van der Waals surface area contributed by atoms with E-state index in [0.29, 0.717) is 19.4 Å². The van der Waals surface area contributed by atoms with E-state index in [1.54, 1.807) is 0 Å². The minimum Gasteiger partial charge on any atom is -0.467 e. The third-order valence-corrected chi connectivity index (χ3v) is 1.57. The molecule has 0 radical (unpaired) electrons. The van der Waals surface area contributed by atoms with E-state index < -0.39 is 18.0 Å². The topological polar surface area (TPSA) is 61.8 Å². The second-order valence-corrected chi connectivity index (χ2v) is 2.94. The van der Waals surface area contributed by atoms with Crippen molar-refractivity contribution in [3.05, 3.63) is 0 Å². The summed E-state index contributed by atoms with van der Waals surface area (Å²) in [5.74, 6) is -1.40. The van der Waals surface area contributed by atoms with Crippen LogP contribution in [0.2, 0.25) is 0 Å². The van der Waals surface area contributed by atoms with Crippen LogP contribution in [0, 0.1) is 0 Å². The zero-order chi connectivity index (χ0) is 11.7. The number of esters is 2. The smallest absolute Gasteiger partial charge is 0.347 e. The highest BCUT2D eigenvalue weighted by Gasteiger charge is 2.29. The first-order valence-corrected chi connectivity index (χ1v) is 5.03. The molecule has 5 heteroatoms. The Morgan fingerprint density at radius 1 is 1.07 bits per heavy atom. The Morgan fingerprint density at radius 2 is 1.67 bits per heavy atom. The van der Waals surface area contributed by atoms with Crippen LogP contribution in [0.4, 0.5) is 0 Å². The summed E-state index contributed by atoms with van der Waals surface area (Å²) in [4.78, 5) is 22.5. The first kappa shape index (κ1) is 13.9. The van der Waals surface area contributed by atoms with Crippen molar-refractivity contribution in [2.75, 3.05) is 20.3 Å². The van der Waals surface area contributed by atoms with Crippen LogP contribution in [-0.4, -0.2) is 38.4 Å². The van der Waals surface area contributed by atoms with E-state index in [2.05, 4.69) is 4.74 Å². The number of hydrogen-bond acceptors (Lipinski definition) is 5. The molecule has 0 spiro atoms. The van der Waals surface area contributed by atoms with Gasteiger partial charge in [-0.05, 0) is 12.8 Å². The first-order valence-electron chi connectivity index (χ1n) is 5.03. The highest BCUT2D eigenvalue weighted by molar-refractivity contribution is 5.97. The monoisotopic (exact) mass is 218 g/mol. The summed E-state index contributed by atoms with van der Waals surface area (Å²) in [6.45, 7) is 4.35. The molecule has 0 saturated carbocycles. The Morgan fingerprint density at radius 3 is 2.13 bits per heavy atom. The molecule has 0 rings (SSSR count). The van der Waals surface area contributed by atoms with Gasteiger partial charge >= 0.3 is 11.9 Å². The van der Waals surface area contributed by atoms with Gasteiger partial charge in [0.2, 0.25) is 0 Å². The van der Waals surface area contributed by atoms with E-state index in [1.165, 1.54) is 7.11 Å². The molecule has 1 atom stereocenters. The standard InChI is InChI=1S/C10H18O5/c1-4-6-14-8(9(11)13-3)10(12)15-7-5-2/h8H,4-7H2,1-3H3. The van der Waals surface area contributed by atoms with Gasteiger partial charge in [0.15, 0.2) is 0 Å². The Labute approximate surface area is 89.7 Å². The van der Waals surface area contributed by atoms with Gasteiger partial charge < -0.3 is 14.2 Å². The quantitative estimate of drug-likeness (QED) is 0.469. The fourth-order valence-electron chi connectivity index (χ4n) is 0.853. The highest BCUT2D eigenvalue weighted by Crippen LogP contribution is 2.00. The van der Waals surface area contributed by atoms with Crippen LogP contribution in [0.15, 0.2) is 0 Å². The molecule has 5 nitrogen and oxygen atoms in total. The zero-order valence-electron chi connectivity index (χ0n) is 9.45. The van der Waals surface area contributed by atoms with Gasteiger partial charge in [0.1, 0.15) is 0 Å². The Hall–Kier alpha value is -1.10. The van der Waals surface area contributed by atoms with Crippen molar-refractivity contribution in [3.63, 3.8) is 0 Å². The molecule has 0 N–H and O–H groups in total. The Kier molecular flexibility index (Phi) is 7.62. The maximum absolute atomic E-state index is 11.4. The lowest BCUT2D eigenvalue weighted by atomic mass is 10.3. The molecule has 15 heavy (non-hydrogen) atoms. The third kappa shape index (κ3) is 5.37. The molecule has 0 bridgehead atoms. The second kappa shape index (κ2) is 8.23. The SMILES string of the molecule is CCCOC(=O)C(OCCC)C(=O)OC. The molecule has 0 aliphatic carbocycles. The predicted octanol–water partition coefficient (Wildman–Crippen LogP) is 0.908. The van der Waals surface area contributed by atoms with E-state index in [9.17, 15) is 9.59 Å². The van der Waals surface area contributed by atoms with Crippen LogP contribution in [0.25, 0.3) is 0 Å². The van der Waals surface area contributed by atoms with Crippen molar-refractivity contribution in [2.45, 2.75) is 32.8 Å². The number of carbonyl (C=O) groups is 2. The summed E-state index contributed by atoms with van der Waals surface area (Å²) in [7, 11) is 1.21. The number of methoxy groups -OCH3 is 1. The van der Waals surface area contributed by atoms with Crippen molar-refractivity contribution in [1.29, 1.82) is 0 Å². The maximum Gasteiger partial charge on any atom is 0.347 e. The van der Waals surface area contributed by atoms with Crippen molar-refractivity contribution in [3.8, 4) is 0 Å². The normalized spacial score (nSPS) is 11.9. The largest absolute Gasteiger partial charge is 0.467 e. The molecule has 0 amide bonds. The Balaban J connectivity index is 4.20. The summed E-state index contributed by atoms with van der Waals surface area (Å²) in [6, 6.07) is 0. The average molecular weight is 218 g/mol. The van der Waals surface area contributed by atoms with Gasteiger partial charge in [-0.3, -0.25) is 0 Å². The number of ether oxygens (including phenoxy) is 3. The van der Waals surface area contributed by atoms with Crippen molar-refractivity contribution in [2.24, 2.45) is 0 Å². The van der Waals surface area contributed by atoms with Crippen LogP contribution in [0.3, 0.4) is 0 Å². The number of carbonyl (C=O) groups excluding carboxylic acids is 2. The minimum absolute atomic E-state index is 0.280. The first-order chi connectivity index (χ1) is 7.17. The zero-order valence-corrected chi connectivity index (χ0v) is 9.45. The Bertz CT molecular complexity index is 202. The van der Waals surface area contributed by atoms with E-state index in [-0.39, 0.29) is 6.61 Å². The van der Waals surface area contributed by atoms with E-state index in [0.717, 1.165) is 0 Å². The van der Waals surface area contributed by atoms with Crippen molar-refractivity contribution in [1.82, 2.24) is 0 Å².